The van der Waals surface area contributed by atoms with Gasteiger partial charge in [0.25, 0.3) is 0 Å². The number of carbonyl (C=O) groups excluding carboxylic acids is 1. The van der Waals surface area contributed by atoms with E-state index >= 15 is 0 Å². The molecule has 0 radical (unpaired) electrons. The van der Waals surface area contributed by atoms with Crippen molar-refractivity contribution in [3.05, 3.63) is 0 Å². The SMILES string of the molecule is CC1(C)CC(NC(=O)CCC(=O)O)CCO1. The fourth-order valence-corrected chi connectivity index (χ4v) is 1.88. The van der Waals surface area contributed by atoms with Crippen LogP contribution in [0.2, 0.25) is 0 Å². The van der Waals surface area contributed by atoms with Crippen LogP contribution in [0, 0.1) is 0 Å². The number of carboxylic acids is 1. The van der Waals surface area contributed by atoms with Crippen molar-refractivity contribution in [3.63, 3.8) is 0 Å². The van der Waals surface area contributed by atoms with Crippen molar-refractivity contribution >= 4 is 11.9 Å². The van der Waals surface area contributed by atoms with Gasteiger partial charge in [-0.05, 0) is 26.7 Å². The molecule has 1 aliphatic heterocycles. The zero-order valence-electron chi connectivity index (χ0n) is 9.78. The molecule has 2 N–H and O–H groups in total. The van der Waals surface area contributed by atoms with E-state index in [9.17, 15) is 9.59 Å². The number of nitrogens with one attached hydrogen (secondary N) is 1. The van der Waals surface area contributed by atoms with Crippen LogP contribution in [-0.4, -0.2) is 35.2 Å². The lowest BCUT2D eigenvalue weighted by molar-refractivity contribution is -0.139. The number of hydrogen-bond acceptors (Lipinski definition) is 3. The van der Waals surface area contributed by atoms with Crippen LogP contribution < -0.4 is 5.32 Å². The van der Waals surface area contributed by atoms with Crippen molar-refractivity contribution in [2.75, 3.05) is 6.61 Å². The Balaban J connectivity index is 2.31. The van der Waals surface area contributed by atoms with Crippen molar-refractivity contribution in [1.29, 1.82) is 0 Å². The maximum absolute atomic E-state index is 11.4. The Morgan fingerprint density at radius 3 is 2.69 bits per heavy atom. The van der Waals surface area contributed by atoms with Crippen molar-refractivity contribution in [3.8, 4) is 0 Å². The molecule has 0 aromatic carbocycles. The highest BCUT2D eigenvalue weighted by atomic mass is 16.5. The third-order valence-electron chi connectivity index (χ3n) is 2.63. The molecule has 5 heteroatoms. The minimum absolute atomic E-state index is 0.0487. The maximum Gasteiger partial charge on any atom is 0.303 e. The summed E-state index contributed by atoms with van der Waals surface area (Å²) in [4.78, 5) is 21.7. The monoisotopic (exact) mass is 229 g/mol. The summed E-state index contributed by atoms with van der Waals surface area (Å²) < 4.78 is 5.53. The highest BCUT2D eigenvalue weighted by Gasteiger charge is 2.29. The van der Waals surface area contributed by atoms with E-state index in [0.717, 1.165) is 12.8 Å². The average Bonchev–Trinajstić information content (AvgIpc) is 2.13. The van der Waals surface area contributed by atoms with E-state index in [-0.39, 0.29) is 30.4 Å². The van der Waals surface area contributed by atoms with Crippen LogP contribution in [0.1, 0.15) is 39.5 Å². The van der Waals surface area contributed by atoms with Crippen LogP contribution in [-0.2, 0) is 14.3 Å². The molecule has 0 aromatic heterocycles. The molecular formula is C11H19NO4. The van der Waals surface area contributed by atoms with Gasteiger partial charge in [0.05, 0.1) is 12.0 Å². The van der Waals surface area contributed by atoms with Gasteiger partial charge in [0.1, 0.15) is 0 Å². The Kier molecular flexibility index (Phi) is 4.29. The highest BCUT2D eigenvalue weighted by Crippen LogP contribution is 2.23. The predicted molar refractivity (Wildman–Crippen MR) is 58.1 cm³/mol. The number of carbonyl (C=O) groups is 2. The Bertz CT molecular complexity index is 275. The summed E-state index contributed by atoms with van der Waals surface area (Å²) in [6, 6.07) is 0.102. The lowest BCUT2D eigenvalue weighted by atomic mass is 9.94. The average molecular weight is 229 g/mol. The maximum atomic E-state index is 11.4. The first-order chi connectivity index (χ1) is 7.39. The zero-order valence-corrected chi connectivity index (χ0v) is 9.78. The molecule has 5 nitrogen and oxygen atoms in total. The molecule has 1 amide bonds. The molecule has 1 heterocycles. The minimum atomic E-state index is -0.942. The molecule has 1 atom stereocenters. The molecule has 1 saturated heterocycles. The Morgan fingerprint density at radius 1 is 1.44 bits per heavy atom. The number of aliphatic carboxylic acids is 1. The van der Waals surface area contributed by atoms with Crippen LogP contribution in [0.15, 0.2) is 0 Å². The number of rotatable bonds is 4. The fourth-order valence-electron chi connectivity index (χ4n) is 1.88. The van der Waals surface area contributed by atoms with Gasteiger partial charge in [-0.2, -0.15) is 0 Å². The molecular weight excluding hydrogens is 210 g/mol. The number of ether oxygens (including phenoxy) is 1. The summed E-state index contributed by atoms with van der Waals surface area (Å²) in [6.07, 6.45) is 1.50. The number of hydrogen-bond donors (Lipinski definition) is 2. The topological polar surface area (TPSA) is 75.6 Å². The van der Waals surface area contributed by atoms with E-state index in [0.29, 0.717) is 6.61 Å². The second-order valence-corrected chi connectivity index (χ2v) is 4.76. The lowest BCUT2D eigenvalue weighted by Gasteiger charge is -2.35. The van der Waals surface area contributed by atoms with E-state index in [1.807, 2.05) is 13.8 Å². The summed E-state index contributed by atoms with van der Waals surface area (Å²) in [6.45, 7) is 4.61. The quantitative estimate of drug-likeness (QED) is 0.751. The molecule has 1 fully saturated rings. The van der Waals surface area contributed by atoms with Gasteiger partial charge in [-0.1, -0.05) is 0 Å². The van der Waals surface area contributed by atoms with Gasteiger partial charge in [0.15, 0.2) is 0 Å². The van der Waals surface area contributed by atoms with Crippen LogP contribution >= 0.6 is 0 Å². The number of carboxylic acid groups (broad SMARTS) is 1. The molecule has 0 saturated carbocycles. The molecule has 1 rings (SSSR count). The molecule has 0 bridgehead atoms. The van der Waals surface area contributed by atoms with E-state index in [4.69, 9.17) is 9.84 Å². The predicted octanol–water partition coefficient (Wildman–Crippen LogP) is 0.925. The van der Waals surface area contributed by atoms with Crippen LogP contribution in [0.5, 0.6) is 0 Å². The lowest BCUT2D eigenvalue weighted by Crippen LogP contribution is -2.45. The number of amides is 1. The van der Waals surface area contributed by atoms with Crippen molar-refractivity contribution in [2.24, 2.45) is 0 Å². The van der Waals surface area contributed by atoms with Gasteiger partial charge in [-0.25, -0.2) is 0 Å². The van der Waals surface area contributed by atoms with Crippen molar-refractivity contribution in [1.82, 2.24) is 5.32 Å². The molecule has 1 unspecified atom stereocenters. The molecule has 16 heavy (non-hydrogen) atoms. The van der Waals surface area contributed by atoms with Gasteiger partial charge in [-0.3, -0.25) is 9.59 Å². The van der Waals surface area contributed by atoms with Crippen molar-refractivity contribution < 1.29 is 19.4 Å². The summed E-state index contributed by atoms with van der Waals surface area (Å²) in [5.41, 5.74) is -0.205. The third kappa shape index (κ3) is 4.61. The summed E-state index contributed by atoms with van der Waals surface area (Å²) in [5, 5.41) is 11.3. The highest BCUT2D eigenvalue weighted by molar-refractivity contribution is 5.80. The van der Waals surface area contributed by atoms with Crippen LogP contribution in [0.4, 0.5) is 0 Å². The van der Waals surface area contributed by atoms with Gasteiger partial charge in [0.2, 0.25) is 5.91 Å². The first kappa shape index (κ1) is 13.0. The standard InChI is InChI=1S/C11H19NO4/c1-11(2)7-8(5-6-16-11)12-9(13)3-4-10(14)15/h8H,3-7H2,1-2H3,(H,12,13)(H,14,15). The smallest absolute Gasteiger partial charge is 0.303 e. The van der Waals surface area contributed by atoms with Gasteiger partial charge < -0.3 is 15.2 Å². The van der Waals surface area contributed by atoms with Crippen LogP contribution in [0.25, 0.3) is 0 Å². The second-order valence-electron chi connectivity index (χ2n) is 4.76. The van der Waals surface area contributed by atoms with E-state index in [1.165, 1.54) is 0 Å². The van der Waals surface area contributed by atoms with E-state index in [2.05, 4.69) is 5.32 Å². The summed E-state index contributed by atoms with van der Waals surface area (Å²) >= 11 is 0. The Hall–Kier alpha value is -1.10. The molecule has 0 aromatic rings. The second kappa shape index (κ2) is 5.30. The molecule has 92 valence electrons. The molecule has 0 spiro atoms. The van der Waals surface area contributed by atoms with Gasteiger partial charge in [-0.15, -0.1) is 0 Å². The largest absolute Gasteiger partial charge is 0.481 e. The minimum Gasteiger partial charge on any atom is -0.481 e. The first-order valence-corrected chi connectivity index (χ1v) is 5.54. The normalized spacial score (nSPS) is 23.8. The zero-order chi connectivity index (χ0) is 12.2. The first-order valence-electron chi connectivity index (χ1n) is 5.54. The van der Waals surface area contributed by atoms with E-state index in [1.54, 1.807) is 0 Å². The summed E-state index contributed by atoms with van der Waals surface area (Å²) in [5.74, 6) is -1.13. The van der Waals surface area contributed by atoms with Crippen LogP contribution in [0.3, 0.4) is 0 Å². The van der Waals surface area contributed by atoms with Crippen molar-refractivity contribution in [2.45, 2.75) is 51.2 Å². The fraction of sp³-hybridized carbons (Fsp3) is 0.818. The van der Waals surface area contributed by atoms with Gasteiger partial charge in [0, 0.05) is 19.1 Å². The Morgan fingerprint density at radius 2 is 2.12 bits per heavy atom. The molecule has 1 aliphatic rings. The van der Waals surface area contributed by atoms with E-state index < -0.39 is 5.97 Å². The Labute approximate surface area is 95.2 Å². The third-order valence-corrected chi connectivity index (χ3v) is 2.63. The summed E-state index contributed by atoms with van der Waals surface area (Å²) in [7, 11) is 0. The van der Waals surface area contributed by atoms with Gasteiger partial charge >= 0.3 is 5.97 Å². The molecule has 0 aliphatic carbocycles.